The Labute approximate surface area is 149 Å². The average Bonchev–Trinajstić information content (AvgIpc) is 2.83. The Morgan fingerprint density at radius 3 is 2.48 bits per heavy atom. The van der Waals surface area contributed by atoms with Crippen molar-refractivity contribution in [2.75, 3.05) is 0 Å². The summed E-state index contributed by atoms with van der Waals surface area (Å²) in [4.78, 5) is 9.00. The number of aliphatic carboxylic acids is 1. The maximum absolute atomic E-state index is 10.4. The molecular weight excluding hydrogens is 316 g/mol. The van der Waals surface area contributed by atoms with Crippen LogP contribution in [0.1, 0.15) is 46.5 Å². The number of carboxylic acids is 1. The topological polar surface area (TPSA) is 77.8 Å². The molecule has 0 amide bonds. The third kappa shape index (κ3) is 3.00. The van der Waals surface area contributed by atoms with Crippen LogP contribution in [0.3, 0.4) is 0 Å². The van der Waals surface area contributed by atoms with Crippen LogP contribution in [0.15, 0.2) is 36.0 Å². The maximum atomic E-state index is 10.4. The van der Waals surface area contributed by atoms with Crippen LogP contribution in [-0.4, -0.2) is 33.5 Å². The molecule has 7 atom stereocenters. The van der Waals surface area contributed by atoms with Gasteiger partial charge in [0, 0.05) is 12.3 Å². The predicted octanol–water partition coefficient (Wildman–Crippen LogP) is 3.31. The molecule has 4 rings (SSSR count). The molecule has 0 aromatic heterocycles. The standard InChI is InChI=1S/C19H26O2.C2H4O2/c1-18-9-7-13(20)11-12(18)3-4-14-15-5-6-17(21)19(15,2)10-8-16(14)18;1-2(3)4/h3-4,7,9,11,13-17,20-21H,5-6,8,10H2,1-2H3;1H3,(H,3,4)/t13?,14-,15-,16-,17?,18-,19-;/m0./s1. The molecule has 3 N–H and O–H groups in total. The van der Waals surface area contributed by atoms with E-state index in [4.69, 9.17) is 9.90 Å². The molecule has 2 unspecified atom stereocenters. The summed E-state index contributed by atoms with van der Waals surface area (Å²) in [6.45, 7) is 5.71. The summed E-state index contributed by atoms with van der Waals surface area (Å²) in [5, 5.41) is 27.7. The molecule has 0 radical (unpaired) electrons. The maximum Gasteiger partial charge on any atom is 0.300 e. The second-order valence-corrected chi connectivity index (χ2v) is 8.56. The van der Waals surface area contributed by atoms with Crippen LogP contribution in [0, 0.1) is 28.6 Å². The molecule has 4 aliphatic rings. The minimum atomic E-state index is -0.833. The van der Waals surface area contributed by atoms with E-state index in [0.717, 1.165) is 26.2 Å². The molecule has 2 fully saturated rings. The van der Waals surface area contributed by atoms with E-state index >= 15 is 0 Å². The van der Waals surface area contributed by atoms with Gasteiger partial charge in [-0.1, -0.05) is 38.2 Å². The van der Waals surface area contributed by atoms with E-state index in [1.54, 1.807) is 0 Å². The summed E-state index contributed by atoms with van der Waals surface area (Å²) in [6, 6.07) is 0. The smallest absolute Gasteiger partial charge is 0.300 e. The van der Waals surface area contributed by atoms with Crippen molar-refractivity contribution < 1.29 is 20.1 Å². The monoisotopic (exact) mass is 346 g/mol. The van der Waals surface area contributed by atoms with E-state index in [1.807, 2.05) is 12.2 Å². The highest BCUT2D eigenvalue weighted by Gasteiger charge is 2.57. The number of carboxylic acid groups (broad SMARTS) is 1. The zero-order chi connectivity index (χ0) is 18.4. The first-order valence-corrected chi connectivity index (χ1v) is 9.34. The van der Waals surface area contributed by atoms with Crippen LogP contribution in [0.4, 0.5) is 0 Å². The molecule has 4 aliphatic carbocycles. The quantitative estimate of drug-likeness (QED) is 0.588. The fourth-order valence-corrected chi connectivity index (χ4v) is 5.74. The molecule has 138 valence electrons. The van der Waals surface area contributed by atoms with E-state index in [2.05, 4.69) is 32.1 Å². The fourth-order valence-electron chi connectivity index (χ4n) is 5.74. The van der Waals surface area contributed by atoms with E-state index in [0.29, 0.717) is 17.8 Å². The van der Waals surface area contributed by atoms with Gasteiger partial charge in [0.2, 0.25) is 0 Å². The lowest BCUT2D eigenvalue weighted by Crippen LogP contribution is -2.49. The van der Waals surface area contributed by atoms with Crippen molar-refractivity contribution in [2.45, 2.75) is 58.7 Å². The number of fused-ring (bicyclic) bond motifs is 5. The Kier molecular flexibility index (Phi) is 4.71. The van der Waals surface area contributed by atoms with Crippen LogP contribution in [0.5, 0.6) is 0 Å². The van der Waals surface area contributed by atoms with Gasteiger partial charge in [-0.3, -0.25) is 4.79 Å². The van der Waals surface area contributed by atoms with E-state index in [1.165, 1.54) is 12.0 Å². The molecule has 25 heavy (non-hydrogen) atoms. The number of carbonyl (C=O) groups is 1. The highest BCUT2D eigenvalue weighted by molar-refractivity contribution is 5.62. The predicted molar refractivity (Wildman–Crippen MR) is 96.8 cm³/mol. The van der Waals surface area contributed by atoms with E-state index in [9.17, 15) is 10.2 Å². The third-order valence-corrected chi connectivity index (χ3v) is 7.16. The van der Waals surface area contributed by atoms with Crippen LogP contribution in [-0.2, 0) is 4.79 Å². The van der Waals surface area contributed by atoms with Gasteiger partial charge in [-0.05, 0) is 60.5 Å². The number of allylic oxidation sites excluding steroid dienone is 4. The zero-order valence-corrected chi connectivity index (χ0v) is 15.4. The molecule has 4 heteroatoms. The van der Waals surface area contributed by atoms with Crippen molar-refractivity contribution in [2.24, 2.45) is 28.6 Å². The van der Waals surface area contributed by atoms with Crippen molar-refractivity contribution in [3.63, 3.8) is 0 Å². The van der Waals surface area contributed by atoms with Gasteiger partial charge in [-0.25, -0.2) is 0 Å². The van der Waals surface area contributed by atoms with Crippen LogP contribution < -0.4 is 0 Å². The normalized spacial score (nSPS) is 46.9. The van der Waals surface area contributed by atoms with Crippen molar-refractivity contribution in [1.82, 2.24) is 0 Å². The SMILES string of the molecule is CC(=O)O.C[C@]12C=CC(O)C=C1C=C[C@@H]1[C@@H]2CC[C@]2(C)C(O)CC[C@@H]12. The Bertz CT molecular complexity index is 630. The number of rotatable bonds is 0. The van der Waals surface area contributed by atoms with Crippen LogP contribution >= 0.6 is 0 Å². The number of hydrogen-bond donors (Lipinski definition) is 3. The summed E-state index contributed by atoms with van der Waals surface area (Å²) in [5.41, 5.74) is 1.45. The fraction of sp³-hybridized carbons (Fsp3) is 0.667. The highest BCUT2D eigenvalue weighted by Crippen LogP contribution is 2.62. The Morgan fingerprint density at radius 2 is 1.80 bits per heavy atom. The summed E-state index contributed by atoms with van der Waals surface area (Å²) in [5.74, 6) is 0.963. The largest absolute Gasteiger partial charge is 0.481 e. The van der Waals surface area contributed by atoms with Gasteiger partial charge in [0.1, 0.15) is 0 Å². The van der Waals surface area contributed by atoms with Gasteiger partial charge < -0.3 is 15.3 Å². The minimum absolute atomic E-state index is 0.0630. The van der Waals surface area contributed by atoms with Gasteiger partial charge in [0.05, 0.1) is 12.2 Å². The first-order valence-electron chi connectivity index (χ1n) is 9.34. The third-order valence-electron chi connectivity index (χ3n) is 7.16. The Hall–Kier alpha value is -1.39. The first kappa shape index (κ1) is 18.4. The molecule has 0 aromatic rings. The lowest BCUT2D eigenvalue weighted by Gasteiger charge is -2.54. The molecular formula is C21H30O4. The van der Waals surface area contributed by atoms with Crippen molar-refractivity contribution in [1.29, 1.82) is 0 Å². The molecule has 0 spiro atoms. The van der Waals surface area contributed by atoms with E-state index in [-0.39, 0.29) is 16.9 Å². The second kappa shape index (κ2) is 6.40. The molecule has 0 bridgehead atoms. The van der Waals surface area contributed by atoms with Crippen molar-refractivity contribution in [3.8, 4) is 0 Å². The van der Waals surface area contributed by atoms with Crippen LogP contribution in [0.25, 0.3) is 0 Å². The molecule has 4 nitrogen and oxygen atoms in total. The summed E-state index contributed by atoms with van der Waals surface area (Å²) < 4.78 is 0. The van der Waals surface area contributed by atoms with Crippen molar-refractivity contribution in [3.05, 3.63) is 36.0 Å². The Balaban J connectivity index is 0.000000415. The lowest BCUT2D eigenvalue weighted by atomic mass is 9.50. The number of aliphatic hydroxyl groups is 2. The number of aliphatic hydroxyl groups excluding tert-OH is 2. The first-order chi connectivity index (χ1) is 11.7. The summed E-state index contributed by atoms with van der Waals surface area (Å²) in [7, 11) is 0. The van der Waals surface area contributed by atoms with Gasteiger partial charge in [-0.15, -0.1) is 0 Å². The second-order valence-electron chi connectivity index (χ2n) is 8.56. The van der Waals surface area contributed by atoms with Crippen LogP contribution in [0.2, 0.25) is 0 Å². The van der Waals surface area contributed by atoms with Gasteiger partial charge >= 0.3 is 0 Å². The molecule has 0 heterocycles. The molecule has 0 aromatic carbocycles. The lowest BCUT2D eigenvalue weighted by molar-refractivity contribution is -0.134. The van der Waals surface area contributed by atoms with Gasteiger partial charge in [0.25, 0.3) is 5.97 Å². The molecule has 2 saturated carbocycles. The molecule has 0 aliphatic heterocycles. The summed E-state index contributed by atoms with van der Waals surface area (Å²) >= 11 is 0. The van der Waals surface area contributed by atoms with Gasteiger partial charge in [-0.2, -0.15) is 0 Å². The molecule has 0 saturated heterocycles. The zero-order valence-electron chi connectivity index (χ0n) is 15.4. The number of hydrogen-bond acceptors (Lipinski definition) is 3. The average molecular weight is 346 g/mol. The highest BCUT2D eigenvalue weighted by atomic mass is 16.4. The summed E-state index contributed by atoms with van der Waals surface area (Å²) in [6.07, 6.45) is 14.7. The van der Waals surface area contributed by atoms with Crippen molar-refractivity contribution >= 4 is 5.97 Å². The van der Waals surface area contributed by atoms with Gasteiger partial charge in [0.15, 0.2) is 0 Å². The Morgan fingerprint density at radius 1 is 1.12 bits per heavy atom. The van der Waals surface area contributed by atoms with E-state index < -0.39 is 12.1 Å². The minimum Gasteiger partial charge on any atom is -0.481 e.